The molecule has 0 saturated heterocycles. The first-order valence-electron chi connectivity index (χ1n) is 5.79. The van der Waals surface area contributed by atoms with E-state index >= 15 is 0 Å². The zero-order chi connectivity index (χ0) is 13.7. The summed E-state index contributed by atoms with van der Waals surface area (Å²) >= 11 is 0. The topological polar surface area (TPSA) is 87.5 Å². The second kappa shape index (κ2) is 3.71. The summed E-state index contributed by atoms with van der Waals surface area (Å²) in [6.07, 6.45) is 1.23. The Kier molecular flexibility index (Phi) is 2.25. The summed E-state index contributed by atoms with van der Waals surface area (Å²) in [6.45, 7) is 1.81. The van der Waals surface area contributed by atoms with Crippen molar-refractivity contribution in [1.82, 2.24) is 14.6 Å². The van der Waals surface area contributed by atoms with E-state index in [4.69, 9.17) is 0 Å². The smallest absolute Gasteiger partial charge is 0.299 e. The number of hydrogen-bond donors (Lipinski definition) is 2. The number of pyridine rings is 2. The van der Waals surface area contributed by atoms with Crippen molar-refractivity contribution < 1.29 is 10.0 Å². The Bertz CT molecular complexity index is 752. The quantitative estimate of drug-likeness (QED) is 0.673. The third-order valence-corrected chi connectivity index (χ3v) is 3.38. The zero-order valence-corrected chi connectivity index (χ0v) is 10.4. The lowest BCUT2D eigenvalue weighted by atomic mass is 10.1. The molecule has 1 amide bonds. The first kappa shape index (κ1) is 11.5. The van der Waals surface area contributed by atoms with Crippen LogP contribution >= 0.6 is 0 Å². The minimum atomic E-state index is -0.766. The third-order valence-electron chi connectivity index (χ3n) is 3.38. The van der Waals surface area contributed by atoms with Crippen molar-refractivity contribution in [2.24, 2.45) is 0 Å². The molecule has 2 N–H and O–H groups in total. The molecule has 7 heteroatoms. The van der Waals surface area contributed by atoms with Gasteiger partial charge in [-0.25, -0.2) is 4.98 Å². The molecule has 2 aromatic heterocycles. The number of rotatable bonds is 0. The molecule has 1 aliphatic heterocycles. The van der Waals surface area contributed by atoms with Crippen LogP contribution in [0.1, 0.15) is 17.3 Å². The van der Waals surface area contributed by atoms with Gasteiger partial charge in [0.05, 0.1) is 11.9 Å². The van der Waals surface area contributed by atoms with Gasteiger partial charge in [-0.15, -0.1) is 4.73 Å². The van der Waals surface area contributed by atoms with E-state index in [0.717, 1.165) is 0 Å². The first-order chi connectivity index (χ1) is 9.02. The molecule has 98 valence electrons. The summed E-state index contributed by atoms with van der Waals surface area (Å²) in [4.78, 5) is 29.6. The predicted octanol–water partition coefficient (Wildman–Crippen LogP) is 0.477. The molecule has 2 aromatic rings. The van der Waals surface area contributed by atoms with Gasteiger partial charge in [0.1, 0.15) is 5.56 Å². The van der Waals surface area contributed by atoms with Gasteiger partial charge < -0.3 is 15.4 Å². The van der Waals surface area contributed by atoms with Gasteiger partial charge in [-0.05, 0) is 19.1 Å². The molecule has 0 spiro atoms. The second-order valence-electron chi connectivity index (χ2n) is 4.48. The van der Waals surface area contributed by atoms with E-state index in [1.807, 2.05) is 6.92 Å². The fraction of sp³-hybridized carbons (Fsp3) is 0.250. The van der Waals surface area contributed by atoms with Gasteiger partial charge in [0.2, 0.25) is 0 Å². The molecule has 1 aliphatic rings. The van der Waals surface area contributed by atoms with Crippen LogP contribution in [0.3, 0.4) is 0 Å². The Morgan fingerprint density at radius 2 is 2.16 bits per heavy atom. The molecule has 0 aromatic carbocycles. The number of nitrogens with one attached hydrogen (secondary N) is 1. The van der Waals surface area contributed by atoms with Crippen LogP contribution in [0, 0.1) is 0 Å². The van der Waals surface area contributed by atoms with Crippen molar-refractivity contribution in [3.8, 4) is 0 Å². The monoisotopic (exact) mass is 260 g/mol. The number of fused-ring (bicyclic) bond motifs is 3. The van der Waals surface area contributed by atoms with Crippen LogP contribution in [0.25, 0.3) is 11.0 Å². The van der Waals surface area contributed by atoms with Gasteiger partial charge in [0.15, 0.2) is 5.65 Å². The summed E-state index contributed by atoms with van der Waals surface area (Å²) in [5, 5.41) is 13.5. The highest BCUT2D eigenvalue weighted by Crippen LogP contribution is 2.28. The minimum Gasteiger partial charge on any atom is -0.423 e. The molecule has 0 bridgehead atoms. The number of carbonyl (C=O) groups is 1. The number of nitrogens with zero attached hydrogens (tertiary/aromatic N) is 3. The minimum absolute atomic E-state index is 0.0661. The summed E-state index contributed by atoms with van der Waals surface area (Å²) in [5.74, 6) is -0.417. The Morgan fingerprint density at radius 3 is 2.89 bits per heavy atom. The first-order valence-corrected chi connectivity index (χ1v) is 5.79. The Hall–Kier alpha value is -2.57. The molecular formula is C12H12N4O3. The number of amides is 1. The van der Waals surface area contributed by atoms with Gasteiger partial charge in [0.25, 0.3) is 11.5 Å². The maximum atomic E-state index is 12.2. The second-order valence-corrected chi connectivity index (χ2v) is 4.48. The largest absolute Gasteiger partial charge is 0.423 e. The standard InChI is InChI=1S/C12H12N4O3/c1-6-14-9-7-4-3-5-13-10(7)16(19)12(18)8(9)11(17)15(6)2/h3-6,14,19H,1-2H3. The number of aromatic nitrogens is 2. The van der Waals surface area contributed by atoms with Crippen molar-refractivity contribution >= 4 is 22.6 Å². The molecule has 3 heterocycles. The van der Waals surface area contributed by atoms with Gasteiger partial charge in [-0.2, -0.15) is 0 Å². The van der Waals surface area contributed by atoms with E-state index < -0.39 is 11.5 Å². The average Bonchev–Trinajstić information content (AvgIpc) is 2.42. The number of hydrogen-bond acceptors (Lipinski definition) is 5. The fourth-order valence-electron chi connectivity index (χ4n) is 2.21. The molecular weight excluding hydrogens is 248 g/mol. The van der Waals surface area contributed by atoms with Gasteiger partial charge in [-0.3, -0.25) is 9.59 Å². The van der Waals surface area contributed by atoms with Gasteiger partial charge in [-0.1, -0.05) is 0 Å². The SMILES string of the molecule is CC1Nc2c(c(=O)n(O)c3ncccc23)C(=O)N1C. The van der Waals surface area contributed by atoms with E-state index in [-0.39, 0.29) is 17.4 Å². The van der Waals surface area contributed by atoms with Crippen LogP contribution < -0.4 is 10.9 Å². The molecule has 7 nitrogen and oxygen atoms in total. The third kappa shape index (κ3) is 1.41. The summed E-state index contributed by atoms with van der Waals surface area (Å²) < 4.78 is 0.414. The lowest BCUT2D eigenvalue weighted by Crippen LogP contribution is -2.48. The molecule has 0 saturated carbocycles. The Balaban J connectivity index is 2.47. The average molecular weight is 260 g/mol. The number of anilines is 1. The van der Waals surface area contributed by atoms with Gasteiger partial charge in [0, 0.05) is 18.6 Å². The molecule has 3 rings (SSSR count). The van der Waals surface area contributed by atoms with Crippen molar-refractivity contribution in [3.05, 3.63) is 34.2 Å². The summed E-state index contributed by atoms with van der Waals surface area (Å²) in [6, 6.07) is 3.38. The highest BCUT2D eigenvalue weighted by Gasteiger charge is 2.32. The Morgan fingerprint density at radius 1 is 1.42 bits per heavy atom. The van der Waals surface area contributed by atoms with E-state index in [9.17, 15) is 14.8 Å². The molecule has 19 heavy (non-hydrogen) atoms. The van der Waals surface area contributed by atoms with Crippen LogP contribution in [0.4, 0.5) is 5.69 Å². The van der Waals surface area contributed by atoms with Crippen LogP contribution in [0.5, 0.6) is 0 Å². The molecule has 1 atom stereocenters. The van der Waals surface area contributed by atoms with E-state index in [1.54, 1.807) is 19.2 Å². The maximum absolute atomic E-state index is 12.2. The Labute approximate surface area is 108 Å². The predicted molar refractivity (Wildman–Crippen MR) is 68.4 cm³/mol. The van der Waals surface area contributed by atoms with Crippen molar-refractivity contribution in [2.45, 2.75) is 13.1 Å². The van der Waals surface area contributed by atoms with Crippen molar-refractivity contribution in [1.29, 1.82) is 0 Å². The van der Waals surface area contributed by atoms with Crippen LogP contribution in [0.15, 0.2) is 23.1 Å². The summed E-state index contributed by atoms with van der Waals surface area (Å²) in [5.41, 5.74) is -0.279. The molecule has 1 unspecified atom stereocenters. The van der Waals surface area contributed by atoms with Crippen LogP contribution in [-0.4, -0.2) is 38.9 Å². The highest BCUT2D eigenvalue weighted by molar-refractivity contribution is 6.08. The van der Waals surface area contributed by atoms with Crippen molar-refractivity contribution in [2.75, 3.05) is 12.4 Å². The van der Waals surface area contributed by atoms with Gasteiger partial charge >= 0.3 is 0 Å². The lowest BCUT2D eigenvalue weighted by molar-refractivity contribution is 0.0740. The van der Waals surface area contributed by atoms with Crippen LogP contribution in [-0.2, 0) is 0 Å². The highest BCUT2D eigenvalue weighted by atomic mass is 16.5. The zero-order valence-electron chi connectivity index (χ0n) is 10.4. The van der Waals surface area contributed by atoms with E-state index in [1.165, 1.54) is 11.1 Å². The molecule has 0 radical (unpaired) electrons. The number of carbonyl (C=O) groups excluding carboxylic acids is 1. The van der Waals surface area contributed by atoms with Crippen molar-refractivity contribution in [3.63, 3.8) is 0 Å². The molecule has 0 aliphatic carbocycles. The molecule has 0 fully saturated rings. The van der Waals surface area contributed by atoms with E-state index in [0.29, 0.717) is 15.8 Å². The summed E-state index contributed by atoms with van der Waals surface area (Å²) in [7, 11) is 1.59. The van der Waals surface area contributed by atoms with E-state index in [2.05, 4.69) is 10.3 Å². The lowest BCUT2D eigenvalue weighted by Gasteiger charge is -2.33. The van der Waals surface area contributed by atoms with Crippen LogP contribution in [0.2, 0.25) is 0 Å². The fourth-order valence-corrected chi connectivity index (χ4v) is 2.21. The maximum Gasteiger partial charge on any atom is 0.299 e. The normalized spacial score (nSPS) is 18.3.